The van der Waals surface area contributed by atoms with Crippen molar-refractivity contribution >= 4 is 0 Å². The first-order valence-corrected chi connectivity index (χ1v) is 5.25. The SMILES string of the molecule is Cc1cc(C)n(-c2ccc([C@H](C)O)cn2)n1. The molecule has 0 aliphatic carbocycles. The lowest BCUT2D eigenvalue weighted by Crippen LogP contribution is -2.02. The minimum atomic E-state index is -0.484. The number of rotatable bonds is 2. The Morgan fingerprint density at radius 2 is 2.06 bits per heavy atom. The van der Waals surface area contributed by atoms with Crippen LogP contribution >= 0.6 is 0 Å². The van der Waals surface area contributed by atoms with E-state index in [1.807, 2.05) is 32.0 Å². The van der Waals surface area contributed by atoms with Gasteiger partial charge < -0.3 is 5.11 Å². The van der Waals surface area contributed by atoms with Gasteiger partial charge in [-0.15, -0.1) is 0 Å². The molecule has 0 unspecified atom stereocenters. The zero-order chi connectivity index (χ0) is 11.7. The van der Waals surface area contributed by atoms with Gasteiger partial charge in [0.15, 0.2) is 5.82 Å². The summed E-state index contributed by atoms with van der Waals surface area (Å²) in [5, 5.41) is 13.7. The number of aromatic nitrogens is 3. The zero-order valence-corrected chi connectivity index (χ0v) is 9.68. The molecule has 0 saturated carbocycles. The highest BCUT2D eigenvalue weighted by atomic mass is 16.3. The van der Waals surface area contributed by atoms with Crippen molar-refractivity contribution in [1.29, 1.82) is 0 Å². The summed E-state index contributed by atoms with van der Waals surface area (Å²) in [7, 11) is 0. The summed E-state index contributed by atoms with van der Waals surface area (Å²) in [4.78, 5) is 4.28. The highest BCUT2D eigenvalue weighted by Crippen LogP contribution is 2.14. The number of nitrogens with zero attached hydrogens (tertiary/aromatic N) is 3. The molecule has 2 aromatic heterocycles. The summed E-state index contributed by atoms with van der Waals surface area (Å²) >= 11 is 0. The average Bonchev–Trinajstić information content (AvgIpc) is 2.58. The molecule has 4 heteroatoms. The molecule has 16 heavy (non-hydrogen) atoms. The maximum absolute atomic E-state index is 9.38. The van der Waals surface area contributed by atoms with Crippen LogP contribution in [0.4, 0.5) is 0 Å². The van der Waals surface area contributed by atoms with Crippen molar-refractivity contribution in [2.24, 2.45) is 0 Å². The third kappa shape index (κ3) is 1.97. The largest absolute Gasteiger partial charge is 0.389 e. The molecule has 0 bridgehead atoms. The third-order valence-corrected chi connectivity index (χ3v) is 2.48. The van der Waals surface area contributed by atoms with E-state index in [1.165, 1.54) is 0 Å². The Kier molecular flexibility index (Phi) is 2.75. The Bertz CT molecular complexity index is 485. The van der Waals surface area contributed by atoms with E-state index in [4.69, 9.17) is 0 Å². The van der Waals surface area contributed by atoms with Crippen LogP contribution in [0.1, 0.15) is 30.0 Å². The van der Waals surface area contributed by atoms with Gasteiger partial charge in [0.05, 0.1) is 11.8 Å². The predicted molar refractivity (Wildman–Crippen MR) is 61.5 cm³/mol. The summed E-state index contributed by atoms with van der Waals surface area (Å²) in [5.41, 5.74) is 2.83. The molecule has 2 rings (SSSR count). The van der Waals surface area contributed by atoms with Crippen LogP contribution in [0.2, 0.25) is 0 Å². The molecule has 0 fully saturated rings. The highest BCUT2D eigenvalue weighted by Gasteiger charge is 2.06. The fourth-order valence-corrected chi connectivity index (χ4v) is 1.63. The average molecular weight is 217 g/mol. The van der Waals surface area contributed by atoms with Gasteiger partial charge in [-0.3, -0.25) is 0 Å². The number of aryl methyl sites for hydroxylation is 2. The summed E-state index contributed by atoms with van der Waals surface area (Å²) < 4.78 is 1.79. The van der Waals surface area contributed by atoms with E-state index >= 15 is 0 Å². The van der Waals surface area contributed by atoms with Crippen LogP contribution in [0, 0.1) is 13.8 Å². The summed E-state index contributed by atoms with van der Waals surface area (Å²) in [6.07, 6.45) is 1.19. The minimum Gasteiger partial charge on any atom is -0.389 e. The fourth-order valence-electron chi connectivity index (χ4n) is 1.63. The lowest BCUT2D eigenvalue weighted by Gasteiger charge is -2.06. The number of aliphatic hydroxyl groups excluding tert-OH is 1. The molecule has 84 valence electrons. The van der Waals surface area contributed by atoms with Crippen molar-refractivity contribution in [3.05, 3.63) is 41.3 Å². The molecule has 0 aliphatic heterocycles. The normalized spacial score (nSPS) is 12.8. The van der Waals surface area contributed by atoms with Crippen LogP contribution in [-0.4, -0.2) is 19.9 Å². The van der Waals surface area contributed by atoms with Gasteiger partial charge in [-0.1, -0.05) is 6.07 Å². The molecule has 2 heterocycles. The fraction of sp³-hybridized carbons (Fsp3) is 0.333. The van der Waals surface area contributed by atoms with Gasteiger partial charge in [0.2, 0.25) is 0 Å². The smallest absolute Gasteiger partial charge is 0.153 e. The Hall–Kier alpha value is -1.68. The van der Waals surface area contributed by atoms with Crippen LogP contribution in [0.3, 0.4) is 0 Å². The first-order valence-electron chi connectivity index (χ1n) is 5.25. The summed E-state index contributed by atoms with van der Waals surface area (Å²) in [5.74, 6) is 0.773. The van der Waals surface area contributed by atoms with Crippen molar-refractivity contribution < 1.29 is 5.11 Å². The van der Waals surface area contributed by atoms with E-state index in [0.717, 1.165) is 22.8 Å². The van der Waals surface area contributed by atoms with E-state index < -0.39 is 6.10 Å². The molecule has 1 N–H and O–H groups in total. The van der Waals surface area contributed by atoms with E-state index in [1.54, 1.807) is 17.8 Å². The maximum atomic E-state index is 9.38. The third-order valence-electron chi connectivity index (χ3n) is 2.48. The molecule has 4 nitrogen and oxygen atoms in total. The lowest BCUT2D eigenvalue weighted by atomic mass is 10.2. The van der Waals surface area contributed by atoms with Gasteiger partial charge in [0.25, 0.3) is 0 Å². The number of pyridine rings is 1. The van der Waals surface area contributed by atoms with Gasteiger partial charge in [-0.25, -0.2) is 9.67 Å². The van der Waals surface area contributed by atoms with E-state index in [-0.39, 0.29) is 0 Å². The summed E-state index contributed by atoms with van der Waals surface area (Å²) in [6.45, 7) is 5.66. The maximum Gasteiger partial charge on any atom is 0.153 e. The number of hydrogen-bond donors (Lipinski definition) is 1. The highest BCUT2D eigenvalue weighted by molar-refractivity contribution is 5.28. The molecular formula is C12H15N3O. The van der Waals surface area contributed by atoms with Gasteiger partial charge >= 0.3 is 0 Å². The molecular weight excluding hydrogens is 202 g/mol. The predicted octanol–water partition coefficient (Wildman–Crippen LogP) is 1.94. The Balaban J connectivity index is 2.38. The van der Waals surface area contributed by atoms with Gasteiger partial charge in [-0.2, -0.15) is 5.10 Å². The quantitative estimate of drug-likeness (QED) is 0.836. The zero-order valence-electron chi connectivity index (χ0n) is 9.68. The topological polar surface area (TPSA) is 50.9 Å². The van der Waals surface area contributed by atoms with E-state index in [2.05, 4.69) is 10.1 Å². The van der Waals surface area contributed by atoms with E-state index in [0.29, 0.717) is 0 Å². The molecule has 1 atom stereocenters. The van der Waals surface area contributed by atoms with Crippen molar-refractivity contribution in [3.8, 4) is 5.82 Å². The standard InChI is InChI=1S/C12H15N3O/c1-8-6-9(2)15(14-8)12-5-4-11(7-13-12)10(3)16/h4-7,10,16H,1-3H3/t10-/m0/s1. The molecule has 0 radical (unpaired) electrons. The van der Waals surface area contributed by atoms with Gasteiger partial charge in [0.1, 0.15) is 0 Å². The summed E-state index contributed by atoms with van der Waals surface area (Å²) in [6, 6.07) is 5.73. The van der Waals surface area contributed by atoms with Crippen LogP contribution in [0.5, 0.6) is 0 Å². The second-order valence-corrected chi connectivity index (χ2v) is 3.96. The van der Waals surface area contributed by atoms with Crippen molar-refractivity contribution in [1.82, 2.24) is 14.8 Å². The second kappa shape index (κ2) is 4.06. The minimum absolute atomic E-state index is 0.484. The van der Waals surface area contributed by atoms with Crippen LogP contribution in [-0.2, 0) is 0 Å². The van der Waals surface area contributed by atoms with Crippen LogP contribution < -0.4 is 0 Å². The second-order valence-electron chi connectivity index (χ2n) is 3.96. The van der Waals surface area contributed by atoms with Crippen molar-refractivity contribution in [2.75, 3.05) is 0 Å². The number of aliphatic hydroxyl groups is 1. The Labute approximate surface area is 94.6 Å². The first kappa shape index (κ1) is 10.8. The molecule has 0 aromatic carbocycles. The molecule has 0 saturated heterocycles. The molecule has 2 aromatic rings. The first-order chi connectivity index (χ1) is 7.58. The van der Waals surface area contributed by atoms with E-state index in [9.17, 15) is 5.11 Å². The van der Waals surface area contributed by atoms with Crippen LogP contribution in [0.25, 0.3) is 5.82 Å². The Morgan fingerprint density at radius 1 is 1.31 bits per heavy atom. The van der Waals surface area contributed by atoms with Crippen molar-refractivity contribution in [3.63, 3.8) is 0 Å². The van der Waals surface area contributed by atoms with Gasteiger partial charge in [-0.05, 0) is 38.5 Å². The van der Waals surface area contributed by atoms with Crippen LogP contribution in [0.15, 0.2) is 24.4 Å². The monoisotopic (exact) mass is 217 g/mol. The number of hydrogen-bond acceptors (Lipinski definition) is 3. The van der Waals surface area contributed by atoms with Gasteiger partial charge in [0, 0.05) is 11.9 Å². The molecule has 0 amide bonds. The molecule has 0 aliphatic rings. The lowest BCUT2D eigenvalue weighted by molar-refractivity contribution is 0.199. The molecule has 0 spiro atoms. The Morgan fingerprint density at radius 3 is 2.50 bits per heavy atom. The van der Waals surface area contributed by atoms with Crippen molar-refractivity contribution in [2.45, 2.75) is 26.9 Å².